The number of rotatable bonds is 11. The van der Waals surface area contributed by atoms with Crippen LogP contribution in [0.15, 0.2) is 71.1 Å². The molecule has 0 unspecified atom stereocenters. The Morgan fingerprint density at radius 2 is 1.21 bits per heavy atom. The van der Waals surface area contributed by atoms with Crippen molar-refractivity contribution in [2.45, 2.75) is 41.0 Å². The van der Waals surface area contributed by atoms with Gasteiger partial charge in [-0.15, -0.1) is 9.35 Å². The molecule has 0 fully saturated rings. The molecule has 0 atom stereocenters. The fraction of sp³-hybridized carbons (Fsp3) is 0.370. The lowest BCUT2D eigenvalue weighted by Gasteiger charge is -2.20. The molecule has 0 saturated heterocycles. The molecule has 7 heteroatoms. The molecule has 2 aromatic carbocycles. The first-order valence-corrected chi connectivity index (χ1v) is 12.0. The molecule has 6 nitrogen and oxygen atoms in total. The number of anilines is 2. The molecule has 0 amide bonds. The van der Waals surface area contributed by atoms with E-state index in [9.17, 15) is 0 Å². The number of benzene rings is 2. The van der Waals surface area contributed by atoms with Crippen LogP contribution < -0.4 is 26.9 Å². The third-order valence-corrected chi connectivity index (χ3v) is 5.90. The van der Waals surface area contributed by atoms with Gasteiger partial charge in [0.2, 0.25) is 0 Å². The second-order valence-electron chi connectivity index (χ2n) is 7.77. The Hall–Kier alpha value is -3.12. The zero-order valence-corrected chi connectivity index (χ0v) is 21.8. The molecule has 0 aliphatic rings. The highest BCUT2D eigenvalue weighted by molar-refractivity contribution is 5.80. The molecule has 0 aliphatic carbocycles. The smallest absolute Gasteiger partial charge is 0.307 e. The van der Waals surface area contributed by atoms with Crippen LogP contribution in [0.25, 0.3) is 0 Å². The first-order chi connectivity index (χ1) is 16.1. The van der Waals surface area contributed by atoms with Gasteiger partial charge in [-0.05, 0) is 63.1 Å². The molecule has 0 spiro atoms. The van der Waals surface area contributed by atoms with Crippen molar-refractivity contribution in [3.8, 4) is 0 Å². The number of hydrogen-bond acceptors (Lipinski definition) is 4. The Kier molecular flexibility index (Phi) is 10.8. The largest absolute Gasteiger partial charge is 1.00 e. The van der Waals surface area contributed by atoms with E-state index in [2.05, 4.69) is 103 Å². The third kappa shape index (κ3) is 6.70. The SMILES string of the molecule is CCc1n(N=Cc2ccc(N(CC)CC)cc2)cc[n+]1N=Cc1ccc(N(CC)CC)cc1.[Cl-]. The fourth-order valence-corrected chi connectivity index (χ4v) is 3.92. The van der Waals surface area contributed by atoms with Crippen LogP contribution in [0.1, 0.15) is 51.6 Å². The molecule has 1 heterocycles. The van der Waals surface area contributed by atoms with Gasteiger partial charge in [0.15, 0.2) is 12.4 Å². The van der Waals surface area contributed by atoms with Crippen molar-refractivity contribution >= 4 is 23.8 Å². The average Bonchev–Trinajstić information content (AvgIpc) is 3.26. The van der Waals surface area contributed by atoms with Crippen LogP contribution in [0, 0.1) is 0 Å². The highest BCUT2D eigenvalue weighted by Crippen LogP contribution is 2.15. The Balaban J connectivity index is 0.00000408. The summed E-state index contributed by atoms with van der Waals surface area (Å²) in [5, 5.41) is 9.33. The summed E-state index contributed by atoms with van der Waals surface area (Å²) >= 11 is 0. The maximum atomic E-state index is 4.67. The van der Waals surface area contributed by atoms with Crippen molar-refractivity contribution in [3.63, 3.8) is 0 Å². The summed E-state index contributed by atoms with van der Waals surface area (Å²) in [7, 11) is 0. The maximum absolute atomic E-state index is 4.67. The standard InChI is InChI=1S/C27H37N6.ClH/c1-6-27-32(28-21-23-11-15-25(16-12-23)30(7-2)8-3)19-20-33(27)29-22-24-13-17-26(18-14-24)31(9-4)10-5;/h11-22H,6-10H2,1-5H3;1H/q+1;/p-1. The molecule has 0 aliphatic heterocycles. The molecule has 182 valence electrons. The monoisotopic (exact) mass is 480 g/mol. The van der Waals surface area contributed by atoms with Gasteiger partial charge in [0.1, 0.15) is 0 Å². The van der Waals surface area contributed by atoms with Crippen LogP contribution >= 0.6 is 0 Å². The van der Waals surface area contributed by atoms with E-state index >= 15 is 0 Å². The predicted octanol–water partition coefficient (Wildman–Crippen LogP) is 1.80. The van der Waals surface area contributed by atoms with E-state index in [0.29, 0.717) is 0 Å². The van der Waals surface area contributed by atoms with Gasteiger partial charge in [0, 0.05) is 37.6 Å². The first-order valence-electron chi connectivity index (χ1n) is 12.0. The van der Waals surface area contributed by atoms with Gasteiger partial charge in [-0.3, -0.25) is 0 Å². The summed E-state index contributed by atoms with van der Waals surface area (Å²) in [6.45, 7) is 14.9. The van der Waals surface area contributed by atoms with E-state index in [1.807, 2.05) is 34.2 Å². The minimum Gasteiger partial charge on any atom is -1.00 e. The third-order valence-electron chi connectivity index (χ3n) is 5.90. The zero-order chi connectivity index (χ0) is 23.6. The summed E-state index contributed by atoms with van der Waals surface area (Å²) < 4.78 is 3.78. The lowest BCUT2D eigenvalue weighted by atomic mass is 10.2. The van der Waals surface area contributed by atoms with Gasteiger partial charge in [-0.25, -0.2) is 0 Å². The van der Waals surface area contributed by atoms with E-state index in [4.69, 9.17) is 0 Å². The Labute approximate surface area is 210 Å². The van der Waals surface area contributed by atoms with Crippen LogP contribution in [0.4, 0.5) is 11.4 Å². The molecule has 0 bridgehead atoms. The Morgan fingerprint density at radius 1 is 0.735 bits per heavy atom. The Bertz CT molecular complexity index is 963. The minimum atomic E-state index is 0. The maximum Gasteiger partial charge on any atom is 0.307 e. The topological polar surface area (TPSA) is 40.0 Å². The molecular weight excluding hydrogens is 444 g/mol. The van der Waals surface area contributed by atoms with E-state index in [1.54, 1.807) is 0 Å². The molecule has 0 N–H and O–H groups in total. The summed E-state index contributed by atoms with van der Waals surface area (Å²) in [5.74, 6) is 1.02. The number of halogens is 1. The van der Waals surface area contributed by atoms with Crippen molar-refractivity contribution in [3.05, 3.63) is 77.9 Å². The highest BCUT2D eigenvalue weighted by Gasteiger charge is 2.14. The van der Waals surface area contributed by atoms with Crippen LogP contribution in [0.3, 0.4) is 0 Å². The van der Waals surface area contributed by atoms with Crippen molar-refractivity contribution in [1.82, 2.24) is 4.68 Å². The summed E-state index contributed by atoms with van der Waals surface area (Å²) in [5.41, 5.74) is 4.63. The predicted molar refractivity (Wildman–Crippen MR) is 140 cm³/mol. The molecule has 3 rings (SSSR count). The van der Waals surface area contributed by atoms with Crippen LogP contribution in [-0.2, 0) is 6.42 Å². The van der Waals surface area contributed by atoms with Crippen LogP contribution in [-0.4, -0.2) is 43.3 Å². The van der Waals surface area contributed by atoms with E-state index < -0.39 is 0 Å². The number of aromatic nitrogens is 2. The molecule has 3 aromatic rings. The normalized spacial score (nSPS) is 11.2. The van der Waals surface area contributed by atoms with Gasteiger partial charge in [-0.2, -0.15) is 0 Å². The zero-order valence-electron chi connectivity index (χ0n) is 21.0. The highest BCUT2D eigenvalue weighted by atomic mass is 35.5. The second-order valence-corrected chi connectivity index (χ2v) is 7.77. The molecule has 1 aromatic heterocycles. The summed E-state index contributed by atoms with van der Waals surface area (Å²) in [6.07, 6.45) is 8.50. The van der Waals surface area contributed by atoms with Crippen molar-refractivity contribution in [2.75, 3.05) is 36.0 Å². The molecule has 0 radical (unpaired) electrons. The van der Waals surface area contributed by atoms with Crippen LogP contribution in [0.2, 0.25) is 0 Å². The van der Waals surface area contributed by atoms with E-state index in [1.165, 1.54) is 11.4 Å². The summed E-state index contributed by atoms with van der Waals surface area (Å²) in [4.78, 5) is 4.67. The van der Waals surface area contributed by atoms with Crippen molar-refractivity contribution < 1.29 is 17.1 Å². The number of imidazole rings is 1. The molecule has 34 heavy (non-hydrogen) atoms. The Morgan fingerprint density at radius 3 is 1.65 bits per heavy atom. The van der Waals surface area contributed by atoms with Crippen LogP contribution in [0.5, 0.6) is 0 Å². The number of hydrogen-bond donors (Lipinski definition) is 0. The molecular formula is C27H37ClN6. The van der Waals surface area contributed by atoms with Gasteiger partial charge in [-0.1, -0.05) is 41.4 Å². The van der Waals surface area contributed by atoms with Gasteiger partial charge < -0.3 is 22.2 Å². The van der Waals surface area contributed by atoms with Gasteiger partial charge in [0.25, 0.3) is 0 Å². The lowest BCUT2D eigenvalue weighted by Crippen LogP contribution is -3.00. The first kappa shape index (κ1) is 27.1. The van der Waals surface area contributed by atoms with E-state index in [-0.39, 0.29) is 12.4 Å². The van der Waals surface area contributed by atoms with Gasteiger partial charge >= 0.3 is 5.82 Å². The quantitative estimate of drug-likeness (QED) is 0.310. The lowest BCUT2D eigenvalue weighted by molar-refractivity contribution is -0.685. The van der Waals surface area contributed by atoms with E-state index in [0.717, 1.165) is 49.6 Å². The minimum absolute atomic E-state index is 0. The second kappa shape index (κ2) is 13.6. The number of nitrogens with zero attached hydrogens (tertiary/aromatic N) is 6. The van der Waals surface area contributed by atoms with Crippen molar-refractivity contribution in [2.24, 2.45) is 10.2 Å². The molecule has 0 saturated carbocycles. The van der Waals surface area contributed by atoms with Gasteiger partial charge in [0.05, 0.1) is 18.9 Å². The fourth-order valence-electron chi connectivity index (χ4n) is 3.92. The average molecular weight is 481 g/mol. The summed E-state index contributed by atoms with van der Waals surface area (Å²) in [6, 6.07) is 17.1. The van der Waals surface area contributed by atoms with Crippen molar-refractivity contribution in [1.29, 1.82) is 0 Å².